The lowest BCUT2D eigenvalue weighted by Gasteiger charge is -2.26. The van der Waals surface area contributed by atoms with E-state index in [2.05, 4.69) is 20.7 Å². The summed E-state index contributed by atoms with van der Waals surface area (Å²) in [7, 11) is -3.73. The Morgan fingerprint density at radius 3 is 2.69 bits per heavy atom. The van der Waals surface area contributed by atoms with Gasteiger partial charge in [-0.15, -0.1) is 0 Å². The molecule has 0 saturated carbocycles. The van der Waals surface area contributed by atoms with E-state index in [0.717, 1.165) is 41.1 Å². The zero-order valence-corrected chi connectivity index (χ0v) is 16.5. The van der Waals surface area contributed by atoms with Crippen LogP contribution in [0.4, 0.5) is 8.78 Å². The van der Waals surface area contributed by atoms with E-state index in [9.17, 15) is 17.2 Å². The lowest BCUT2D eigenvalue weighted by atomic mass is 9.99. The van der Waals surface area contributed by atoms with Crippen LogP contribution in [0.3, 0.4) is 0 Å². The Bertz CT molecular complexity index is 1170. The maximum Gasteiger partial charge on any atom is 0.240 e. The number of nitrogens with zero attached hydrogens (tertiary/aromatic N) is 1. The SMILES string of the molecule is O=S(=O)(NCCN1CC=C(c2c[nH]c3ccc(F)cc23)CC1)c1cccc(F)c1. The van der Waals surface area contributed by atoms with Gasteiger partial charge in [0.05, 0.1) is 4.90 Å². The number of aromatic amines is 1. The number of halogens is 2. The third kappa shape index (κ3) is 4.39. The molecule has 29 heavy (non-hydrogen) atoms. The van der Waals surface area contributed by atoms with Crippen molar-refractivity contribution in [1.29, 1.82) is 0 Å². The summed E-state index contributed by atoms with van der Waals surface area (Å²) in [6.07, 6.45) is 4.79. The van der Waals surface area contributed by atoms with Crippen molar-refractivity contribution in [3.63, 3.8) is 0 Å². The van der Waals surface area contributed by atoms with Crippen molar-refractivity contribution >= 4 is 26.5 Å². The van der Waals surface area contributed by atoms with Crippen LogP contribution in [0.5, 0.6) is 0 Å². The predicted octanol–water partition coefficient (Wildman–Crippen LogP) is 3.51. The fourth-order valence-corrected chi connectivity index (χ4v) is 4.63. The quantitative estimate of drug-likeness (QED) is 0.645. The number of benzene rings is 2. The van der Waals surface area contributed by atoms with Gasteiger partial charge in [0.25, 0.3) is 0 Å². The number of hydrogen-bond donors (Lipinski definition) is 2. The second-order valence-corrected chi connectivity index (χ2v) is 8.79. The van der Waals surface area contributed by atoms with Crippen molar-refractivity contribution in [1.82, 2.24) is 14.6 Å². The predicted molar refractivity (Wildman–Crippen MR) is 109 cm³/mol. The average Bonchev–Trinajstić information content (AvgIpc) is 3.11. The Morgan fingerprint density at radius 1 is 1.10 bits per heavy atom. The number of H-pyrrole nitrogens is 1. The van der Waals surface area contributed by atoms with E-state index < -0.39 is 15.8 Å². The smallest absolute Gasteiger partial charge is 0.240 e. The van der Waals surface area contributed by atoms with Crippen molar-refractivity contribution in [2.75, 3.05) is 26.2 Å². The van der Waals surface area contributed by atoms with Crippen LogP contribution in [0.25, 0.3) is 16.5 Å². The van der Waals surface area contributed by atoms with Gasteiger partial charge in [-0.3, -0.25) is 4.90 Å². The van der Waals surface area contributed by atoms with Gasteiger partial charge in [0.1, 0.15) is 11.6 Å². The second-order valence-electron chi connectivity index (χ2n) is 7.03. The molecule has 2 heterocycles. The Labute approximate surface area is 168 Å². The third-order valence-electron chi connectivity index (χ3n) is 5.11. The van der Waals surface area contributed by atoms with E-state index in [-0.39, 0.29) is 17.3 Å². The van der Waals surface area contributed by atoms with E-state index in [1.165, 1.54) is 30.3 Å². The van der Waals surface area contributed by atoms with Gasteiger partial charge in [-0.1, -0.05) is 12.1 Å². The molecule has 4 rings (SSSR count). The van der Waals surface area contributed by atoms with Crippen LogP contribution in [0, 0.1) is 11.6 Å². The van der Waals surface area contributed by atoms with Crippen molar-refractivity contribution in [3.8, 4) is 0 Å². The van der Waals surface area contributed by atoms with Crippen molar-refractivity contribution < 1.29 is 17.2 Å². The zero-order chi connectivity index (χ0) is 20.4. The van der Waals surface area contributed by atoms with E-state index in [1.807, 2.05) is 6.20 Å². The second kappa shape index (κ2) is 8.06. The molecule has 2 N–H and O–H groups in total. The molecule has 0 saturated heterocycles. The van der Waals surface area contributed by atoms with Crippen LogP contribution >= 0.6 is 0 Å². The van der Waals surface area contributed by atoms with Crippen LogP contribution in [-0.4, -0.2) is 44.5 Å². The number of hydrogen-bond acceptors (Lipinski definition) is 3. The van der Waals surface area contributed by atoms with Gasteiger partial charge in [-0.2, -0.15) is 0 Å². The van der Waals surface area contributed by atoms with Crippen LogP contribution in [0.1, 0.15) is 12.0 Å². The topological polar surface area (TPSA) is 65.2 Å². The molecule has 0 aliphatic carbocycles. The number of aromatic nitrogens is 1. The molecular weight excluding hydrogens is 396 g/mol. The molecule has 8 heteroatoms. The molecule has 0 atom stereocenters. The minimum absolute atomic E-state index is 0.0788. The highest BCUT2D eigenvalue weighted by Crippen LogP contribution is 2.29. The molecule has 0 bridgehead atoms. The Morgan fingerprint density at radius 2 is 1.93 bits per heavy atom. The standard InChI is InChI=1S/C21H21F2N3O2S/c22-16-2-1-3-18(12-16)29(27,28)25-8-11-26-9-6-15(7-10-26)20-14-24-21-5-4-17(23)13-19(20)21/h1-6,12-14,24-25H,7-11H2. The molecule has 0 spiro atoms. The summed E-state index contributed by atoms with van der Waals surface area (Å²) < 4.78 is 53.8. The van der Waals surface area contributed by atoms with Gasteiger partial charge in [0.2, 0.25) is 10.0 Å². The number of sulfonamides is 1. The molecule has 5 nitrogen and oxygen atoms in total. The molecule has 3 aromatic rings. The van der Waals surface area contributed by atoms with Gasteiger partial charge in [-0.25, -0.2) is 21.9 Å². The third-order valence-corrected chi connectivity index (χ3v) is 6.57. The zero-order valence-electron chi connectivity index (χ0n) is 15.7. The summed E-state index contributed by atoms with van der Waals surface area (Å²) in [5.74, 6) is -0.847. The van der Waals surface area contributed by atoms with Crippen LogP contribution in [-0.2, 0) is 10.0 Å². The highest BCUT2D eigenvalue weighted by Gasteiger charge is 2.18. The molecule has 0 fully saturated rings. The summed E-state index contributed by atoms with van der Waals surface area (Å²) >= 11 is 0. The first kappa shape index (κ1) is 19.8. The van der Waals surface area contributed by atoms with E-state index >= 15 is 0 Å². The monoisotopic (exact) mass is 417 g/mol. The number of fused-ring (bicyclic) bond motifs is 1. The molecule has 1 aliphatic rings. The lowest BCUT2D eigenvalue weighted by Crippen LogP contribution is -2.37. The summed E-state index contributed by atoms with van der Waals surface area (Å²) in [4.78, 5) is 5.22. The molecule has 2 aromatic carbocycles. The molecule has 0 radical (unpaired) electrons. The first-order valence-electron chi connectivity index (χ1n) is 9.36. The summed E-state index contributed by atoms with van der Waals surface area (Å²) in [6.45, 7) is 2.23. The summed E-state index contributed by atoms with van der Waals surface area (Å²) in [5, 5.41) is 0.868. The van der Waals surface area contributed by atoms with Gasteiger partial charge in [0.15, 0.2) is 0 Å². The Hall–Kier alpha value is -2.55. The van der Waals surface area contributed by atoms with E-state index in [0.29, 0.717) is 13.1 Å². The summed E-state index contributed by atoms with van der Waals surface area (Å²) in [5.41, 5.74) is 3.06. The summed E-state index contributed by atoms with van der Waals surface area (Å²) in [6, 6.07) is 9.65. The first-order chi connectivity index (χ1) is 13.9. The lowest BCUT2D eigenvalue weighted by molar-refractivity contribution is 0.307. The Kier molecular flexibility index (Phi) is 5.49. The van der Waals surface area contributed by atoms with Crippen molar-refractivity contribution in [2.45, 2.75) is 11.3 Å². The van der Waals surface area contributed by atoms with E-state index in [4.69, 9.17) is 0 Å². The molecule has 0 amide bonds. The van der Waals surface area contributed by atoms with Crippen LogP contribution < -0.4 is 4.72 Å². The fourth-order valence-electron chi connectivity index (χ4n) is 3.57. The largest absolute Gasteiger partial charge is 0.361 e. The maximum atomic E-state index is 13.6. The average molecular weight is 417 g/mol. The fraction of sp³-hybridized carbons (Fsp3) is 0.238. The highest BCUT2D eigenvalue weighted by atomic mass is 32.2. The number of nitrogens with one attached hydrogen (secondary N) is 2. The highest BCUT2D eigenvalue weighted by molar-refractivity contribution is 7.89. The van der Waals surface area contributed by atoms with Gasteiger partial charge < -0.3 is 4.98 Å². The molecular formula is C21H21F2N3O2S. The maximum absolute atomic E-state index is 13.6. The molecule has 1 aromatic heterocycles. The minimum Gasteiger partial charge on any atom is -0.361 e. The number of rotatable bonds is 6. The molecule has 0 unspecified atom stereocenters. The Balaban J connectivity index is 1.36. The molecule has 152 valence electrons. The van der Waals surface area contributed by atoms with Crippen LogP contribution in [0.15, 0.2) is 59.6 Å². The normalized spacial score (nSPS) is 15.6. The molecule has 1 aliphatic heterocycles. The van der Waals surface area contributed by atoms with E-state index in [1.54, 1.807) is 6.07 Å². The van der Waals surface area contributed by atoms with Gasteiger partial charge >= 0.3 is 0 Å². The van der Waals surface area contributed by atoms with Crippen molar-refractivity contribution in [2.24, 2.45) is 0 Å². The van der Waals surface area contributed by atoms with Crippen molar-refractivity contribution in [3.05, 3.63) is 71.9 Å². The van der Waals surface area contributed by atoms with Crippen LogP contribution in [0.2, 0.25) is 0 Å². The first-order valence-corrected chi connectivity index (χ1v) is 10.8. The minimum atomic E-state index is -3.73. The van der Waals surface area contributed by atoms with Gasteiger partial charge in [0, 0.05) is 48.8 Å². The van der Waals surface area contributed by atoms with Gasteiger partial charge in [-0.05, 0) is 48.4 Å².